The Balaban J connectivity index is 2.25. The van der Waals surface area contributed by atoms with Crippen LogP contribution in [-0.2, 0) is 6.42 Å². The predicted octanol–water partition coefficient (Wildman–Crippen LogP) is 5.47. The summed E-state index contributed by atoms with van der Waals surface area (Å²) in [7, 11) is 0. The Kier molecular flexibility index (Phi) is 3.05. The molecule has 0 atom stereocenters. The average Bonchev–Trinajstić information content (AvgIpc) is 2.91. The molecule has 0 bridgehead atoms. The average molecular weight is 262 g/mol. The second kappa shape index (κ2) is 4.63. The normalized spacial score (nSPS) is 12.8. The number of benzene rings is 2. The van der Waals surface area contributed by atoms with Crippen molar-refractivity contribution >= 4 is 6.08 Å². The van der Waals surface area contributed by atoms with Crippen molar-refractivity contribution in [2.24, 2.45) is 0 Å². The molecule has 0 heteroatoms. The summed E-state index contributed by atoms with van der Waals surface area (Å²) >= 11 is 0. The standard InChI is InChI=1S/C20H22/c1-12-13(2)15(4)20(16(5)14(12)3)19-10-9-17-7-6-8-18(17)11-19/h6-7,9-11H,8H2,1-5H3. The molecule has 0 nitrogen and oxygen atoms in total. The highest BCUT2D eigenvalue weighted by molar-refractivity contribution is 5.77. The van der Waals surface area contributed by atoms with Crippen LogP contribution in [0, 0.1) is 34.6 Å². The summed E-state index contributed by atoms with van der Waals surface area (Å²) in [6.07, 6.45) is 5.55. The minimum Gasteiger partial charge on any atom is -0.0795 e. The van der Waals surface area contributed by atoms with Crippen molar-refractivity contribution in [2.75, 3.05) is 0 Å². The van der Waals surface area contributed by atoms with Crippen LogP contribution >= 0.6 is 0 Å². The van der Waals surface area contributed by atoms with E-state index >= 15 is 0 Å². The quantitative estimate of drug-likeness (QED) is 0.639. The molecule has 0 unspecified atom stereocenters. The third kappa shape index (κ3) is 1.83. The number of fused-ring (bicyclic) bond motifs is 1. The number of hydrogen-bond acceptors (Lipinski definition) is 0. The van der Waals surface area contributed by atoms with Crippen molar-refractivity contribution in [1.82, 2.24) is 0 Å². The van der Waals surface area contributed by atoms with Gasteiger partial charge in [0.05, 0.1) is 0 Å². The van der Waals surface area contributed by atoms with Crippen LogP contribution in [0.2, 0.25) is 0 Å². The first-order valence-electron chi connectivity index (χ1n) is 7.37. The van der Waals surface area contributed by atoms with Gasteiger partial charge in [0, 0.05) is 0 Å². The third-order valence-corrected chi connectivity index (χ3v) is 5.07. The predicted molar refractivity (Wildman–Crippen MR) is 88.3 cm³/mol. The summed E-state index contributed by atoms with van der Waals surface area (Å²) in [5.74, 6) is 0. The van der Waals surface area contributed by atoms with E-state index in [9.17, 15) is 0 Å². The Hall–Kier alpha value is -1.82. The maximum Gasteiger partial charge on any atom is -0.00880 e. The van der Waals surface area contributed by atoms with Crippen molar-refractivity contribution in [3.63, 3.8) is 0 Å². The molecule has 1 aliphatic carbocycles. The van der Waals surface area contributed by atoms with Crippen molar-refractivity contribution < 1.29 is 0 Å². The van der Waals surface area contributed by atoms with Gasteiger partial charge in [0.2, 0.25) is 0 Å². The molecule has 0 radical (unpaired) electrons. The molecule has 0 saturated heterocycles. The topological polar surface area (TPSA) is 0 Å². The van der Waals surface area contributed by atoms with Gasteiger partial charge in [-0.2, -0.15) is 0 Å². The highest BCUT2D eigenvalue weighted by Crippen LogP contribution is 2.35. The van der Waals surface area contributed by atoms with E-state index in [0.717, 1.165) is 6.42 Å². The van der Waals surface area contributed by atoms with Gasteiger partial charge in [-0.3, -0.25) is 0 Å². The van der Waals surface area contributed by atoms with E-state index in [-0.39, 0.29) is 0 Å². The molecule has 0 fully saturated rings. The van der Waals surface area contributed by atoms with Crippen molar-refractivity contribution in [2.45, 2.75) is 41.0 Å². The lowest BCUT2D eigenvalue weighted by Crippen LogP contribution is -2.00. The lowest BCUT2D eigenvalue weighted by atomic mass is 9.85. The first-order chi connectivity index (χ1) is 9.50. The molecule has 0 heterocycles. The fraction of sp³-hybridized carbons (Fsp3) is 0.300. The fourth-order valence-electron chi connectivity index (χ4n) is 3.35. The van der Waals surface area contributed by atoms with Gasteiger partial charge in [0.25, 0.3) is 0 Å². The molecule has 0 saturated carbocycles. The molecule has 2 aromatic rings. The molecular weight excluding hydrogens is 240 g/mol. The molecule has 0 aromatic heterocycles. The lowest BCUT2D eigenvalue weighted by molar-refractivity contribution is 1.18. The monoisotopic (exact) mass is 262 g/mol. The minimum atomic E-state index is 1.07. The van der Waals surface area contributed by atoms with Gasteiger partial charge in [-0.15, -0.1) is 0 Å². The number of rotatable bonds is 1. The Bertz CT molecular complexity index is 701. The van der Waals surface area contributed by atoms with E-state index in [0.29, 0.717) is 0 Å². The van der Waals surface area contributed by atoms with Crippen LogP contribution in [0.1, 0.15) is 38.9 Å². The summed E-state index contributed by atoms with van der Waals surface area (Å²) in [4.78, 5) is 0. The summed E-state index contributed by atoms with van der Waals surface area (Å²) in [6, 6.07) is 6.91. The van der Waals surface area contributed by atoms with Crippen LogP contribution in [0.15, 0.2) is 24.3 Å². The Morgan fingerprint density at radius 3 is 2.00 bits per heavy atom. The van der Waals surface area contributed by atoms with E-state index in [1.54, 1.807) is 0 Å². The summed E-state index contributed by atoms with van der Waals surface area (Å²) in [5, 5.41) is 0. The molecule has 0 amide bonds. The van der Waals surface area contributed by atoms with Crippen LogP contribution < -0.4 is 0 Å². The van der Waals surface area contributed by atoms with Gasteiger partial charge >= 0.3 is 0 Å². The van der Waals surface area contributed by atoms with Gasteiger partial charge < -0.3 is 0 Å². The molecule has 20 heavy (non-hydrogen) atoms. The highest BCUT2D eigenvalue weighted by atomic mass is 14.2. The Morgan fingerprint density at radius 1 is 0.750 bits per heavy atom. The van der Waals surface area contributed by atoms with E-state index in [1.165, 1.54) is 50.1 Å². The smallest absolute Gasteiger partial charge is 0.00880 e. The zero-order valence-corrected chi connectivity index (χ0v) is 13.1. The molecule has 0 N–H and O–H groups in total. The number of allylic oxidation sites excluding steroid dienone is 1. The molecule has 102 valence electrons. The van der Waals surface area contributed by atoms with E-state index in [1.807, 2.05) is 0 Å². The molecule has 0 aliphatic heterocycles. The molecular formula is C20H22. The molecule has 2 aromatic carbocycles. The maximum atomic E-state index is 2.37. The molecule has 3 rings (SSSR count). The van der Waals surface area contributed by atoms with E-state index < -0.39 is 0 Å². The van der Waals surface area contributed by atoms with Gasteiger partial charge in [-0.1, -0.05) is 30.4 Å². The molecule has 1 aliphatic rings. The van der Waals surface area contributed by atoms with Crippen molar-refractivity contribution in [3.8, 4) is 11.1 Å². The van der Waals surface area contributed by atoms with Crippen LogP contribution in [0.3, 0.4) is 0 Å². The van der Waals surface area contributed by atoms with Crippen molar-refractivity contribution in [3.05, 3.63) is 63.2 Å². The summed E-state index contributed by atoms with van der Waals surface area (Å²) in [6.45, 7) is 11.2. The zero-order chi connectivity index (χ0) is 14.4. The van der Waals surface area contributed by atoms with Crippen LogP contribution in [0.4, 0.5) is 0 Å². The van der Waals surface area contributed by atoms with E-state index in [4.69, 9.17) is 0 Å². The van der Waals surface area contributed by atoms with E-state index in [2.05, 4.69) is 65.0 Å². The minimum absolute atomic E-state index is 1.07. The summed E-state index contributed by atoms with van der Waals surface area (Å²) in [5.41, 5.74) is 12.8. The Morgan fingerprint density at radius 2 is 1.35 bits per heavy atom. The fourth-order valence-corrected chi connectivity index (χ4v) is 3.35. The Labute approximate surface area is 122 Å². The van der Waals surface area contributed by atoms with Gasteiger partial charge in [-0.05, 0) is 91.1 Å². The van der Waals surface area contributed by atoms with Gasteiger partial charge in [0.15, 0.2) is 0 Å². The first-order valence-corrected chi connectivity index (χ1v) is 7.37. The van der Waals surface area contributed by atoms with Gasteiger partial charge in [-0.25, -0.2) is 0 Å². The summed E-state index contributed by atoms with van der Waals surface area (Å²) < 4.78 is 0. The highest BCUT2D eigenvalue weighted by Gasteiger charge is 2.15. The SMILES string of the molecule is Cc1c(C)c(C)c(-c2ccc3c(c2)CC=C3)c(C)c1C. The van der Waals surface area contributed by atoms with Crippen LogP contribution in [0.5, 0.6) is 0 Å². The molecule has 0 spiro atoms. The maximum absolute atomic E-state index is 2.37. The first kappa shape index (κ1) is 13.2. The van der Waals surface area contributed by atoms with Crippen LogP contribution in [-0.4, -0.2) is 0 Å². The second-order valence-corrected chi connectivity index (χ2v) is 6.02. The van der Waals surface area contributed by atoms with Gasteiger partial charge in [0.1, 0.15) is 0 Å². The zero-order valence-electron chi connectivity index (χ0n) is 13.1. The van der Waals surface area contributed by atoms with Crippen LogP contribution in [0.25, 0.3) is 17.2 Å². The third-order valence-electron chi connectivity index (χ3n) is 5.07. The largest absolute Gasteiger partial charge is 0.0795 e. The number of hydrogen-bond donors (Lipinski definition) is 0. The van der Waals surface area contributed by atoms with Crippen molar-refractivity contribution in [1.29, 1.82) is 0 Å². The lowest BCUT2D eigenvalue weighted by Gasteiger charge is -2.19. The second-order valence-electron chi connectivity index (χ2n) is 6.02.